The Kier molecular flexibility index (Phi) is 10.7. The zero-order valence-electron chi connectivity index (χ0n) is 25.2. The lowest BCUT2D eigenvalue weighted by Gasteiger charge is -2.14. The standard InChI is InChI=1S/C35H30O10/c1-19(2)32(37)42-26-16-14-24(18-29(26)45-35(40)22(7)8)41-30(36)17-13-23-12-15-28(44-34(39)21(5)6)31-25(23)10-9-11-27(31)43-33(38)20(3)4/h9-18H,1,3,5,7H2,2,4,6,8H3. The molecule has 0 aliphatic heterocycles. The van der Waals surface area contributed by atoms with Crippen LogP contribution in [0.5, 0.6) is 28.7 Å². The first-order chi connectivity index (χ1) is 21.2. The molecule has 0 aromatic heterocycles. The summed E-state index contributed by atoms with van der Waals surface area (Å²) in [5.41, 5.74) is 1.01. The van der Waals surface area contributed by atoms with Gasteiger partial charge >= 0.3 is 29.8 Å². The summed E-state index contributed by atoms with van der Waals surface area (Å²) in [6, 6.07) is 11.8. The van der Waals surface area contributed by atoms with Gasteiger partial charge < -0.3 is 23.7 Å². The molecule has 10 heteroatoms. The molecule has 3 aromatic rings. The molecule has 10 nitrogen and oxygen atoms in total. The summed E-state index contributed by atoms with van der Waals surface area (Å²) < 4.78 is 26.8. The van der Waals surface area contributed by atoms with Crippen molar-refractivity contribution < 1.29 is 47.7 Å². The first kappa shape index (κ1) is 33.5. The summed E-state index contributed by atoms with van der Waals surface area (Å²) in [4.78, 5) is 61.6. The molecule has 0 fully saturated rings. The van der Waals surface area contributed by atoms with Crippen LogP contribution < -0.4 is 23.7 Å². The van der Waals surface area contributed by atoms with Crippen LogP contribution in [0.3, 0.4) is 0 Å². The third-order valence-corrected chi connectivity index (χ3v) is 5.73. The first-order valence-corrected chi connectivity index (χ1v) is 13.3. The van der Waals surface area contributed by atoms with Gasteiger partial charge in [-0.3, -0.25) is 0 Å². The van der Waals surface area contributed by atoms with E-state index in [1.54, 1.807) is 18.2 Å². The first-order valence-electron chi connectivity index (χ1n) is 13.3. The molecule has 0 saturated carbocycles. The van der Waals surface area contributed by atoms with Crippen molar-refractivity contribution in [2.24, 2.45) is 0 Å². The number of rotatable bonds is 11. The maximum Gasteiger partial charge on any atom is 0.338 e. The van der Waals surface area contributed by atoms with E-state index >= 15 is 0 Å². The minimum Gasteiger partial charge on any atom is -0.423 e. The minimum absolute atomic E-state index is 0.0230. The fourth-order valence-electron chi connectivity index (χ4n) is 3.45. The van der Waals surface area contributed by atoms with Crippen LogP contribution in [-0.2, 0) is 24.0 Å². The number of carbonyl (C=O) groups is 5. The number of hydrogen-bond acceptors (Lipinski definition) is 10. The van der Waals surface area contributed by atoms with Crippen LogP contribution in [0.2, 0.25) is 0 Å². The molecule has 0 amide bonds. The molecule has 3 aromatic carbocycles. The van der Waals surface area contributed by atoms with Crippen molar-refractivity contribution in [3.05, 3.63) is 109 Å². The summed E-state index contributed by atoms with van der Waals surface area (Å²) >= 11 is 0. The molecule has 0 heterocycles. The molecule has 0 bridgehead atoms. The highest BCUT2D eigenvalue weighted by atomic mass is 16.6. The van der Waals surface area contributed by atoms with Crippen LogP contribution in [0, 0.1) is 0 Å². The Labute approximate surface area is 259 Å². The summed E-state index contributed by atoms with van der Waals surface area (Å²) in [6.07, 6.45) is 2.58. The van der Waals surface area contributed by atoms with Crippen molar-refractivity contribution in [2.75, 3.05) is 0 Å². The van der Waals surface area contributed by atoms with E-state index in [0.29, 0.717) is 16.3 Å². The van der Waals surface area contributed by atoms with Crippen LogP contribution in [0.1, 0.15) is 33.3 Å². The average Bonchev–Trinajstić information content (AvgIpc) is 2.97. The highest BCUT2D eigenvalue weighted by molar-refractivity contribution is 6.04. The zero-order chi connectivity index (χ0) is 33.4. The van der Waals surface area contributed by atoms with Gasteiger partial charge in [0.05, 0.1) is 5.39 Å². The molecule has 0 aliphatic carbocycles. The lowest BCUT2D eigenvalue weighted by Crippen LogP contribution is -2.13. The van der Waals surface area contributed by atoms with Gasteiger partial charge in [0.15, 0.2) is 11.5 Å². The van der Waals surface area contributed by atoms with Gasteiger partial charge in [-0.2, -0.15) is 0 Å². The number of ether oxygens (including phenoxy) is 5. The largest absolute Gasteiger partial charge is 0.423 e. The van der Waals surface area contributed by atoms with E-state index < -0.39 is 29.8 Å². The minimum atomic E-state index is -0.811. The molecule has 0 spiro atoms. The quantitative estimate of drug-likeness (QED) is 0.137. The normalized spacial score (nSPS) is 10.5. The third kappa shape index (κ3) is 8.74. The molecule has 0 aliphatic rings. The van der Waals surface area contributed by atoms with E-state index in [1.807, 2.05) is 0 Å². The van der Waals surface area contributed by atoms with Gasteiger partial charge in [0.2, 0.25) is 0 Å². The van der Waals surface area contributed by atoms with E-state index in [-0.39, 0.29) is 51.0 Å². The maximum absolute atomic E-state index is 12.8. The van der Waals surface area contributed by atoms with E-state index in [9.17, 15) is 24.0 Å². The van der Waals surface area contributed by atoms with E-state index in [0.717, 1.165) is 6.08 Å². The van der Waals surface area contributed by atoms with Gasteiger partial charge in [0.25, 0.3) is 0 Å². The van der Waals surface area contributed by atoms with Crippen molar-refractivity contribution in [3.63, 3.8) is 0 Å². The van der Waals surface area contributed by atoms with Crippen molar-refractivity contribution in [1.82, 2.24) is 0 Å². The monoisotopic (exact) mass is 610 g/mol. The lowest BCUT2D eigenvalue weighted by molar-refractivity contribution is -0.132. The van der Waals surface area contributed by atoms with Crippen LogP contribution in [0.15, 0.2) is 103 Å². The Balaban J connectivity index is 1.96. The van der Waals surface area contributed by atoms with E-state index in [1.165, 1.54) is 64.1 Å². The van der Waals surface area contributed by atoms with Gasteiger partial charge in [-0.1, -0.05) is 44.5 Å². The highest BCUT2D eigenvalue weighted by Crippen LogP contribution is 2.38. The molecule has 0 unspecified atom stereocenters. The molecular weight excluding hydrogens is 580 g/mol. The lowest BCUT2D eigenvalue weighted by atomic mass is 10.0. The summed E-state index contributed by atoms with van der Waals surface area (Å²) in [7, 11) is 0. The Bertz CT molecular complexity index is 1790. The number of carbonyl (C=O) groups excluding carboxylic acids is 5. The van der Waals surface area contributed by atoms with Crippen molar-refractivity contribution >= 4 is 46.7 Å². The highest BCUT2D eigenvalue weighted by Gasteiger charge is 2.19. The Morgan fingerprint density at radius 2 is 1.02 bits per heavy atom. The summed E-state index contributed by atoms with van der Waals surface area (Å²) in [6.45, 7) is 20.1. The predicted molar refractivity (Wildman–Crippen MR) is 167 cm³/mol. The van der Waals surface area contributed by atoms with Gasteiger partial charge in [-0.15, -0.1) is 0 Å². The molecule has 3 rings (SSSR count). The second kappa shape index (κ2) is 14.4. The van der Waals surface area contributed by atoms with E-state index in [2.05, 4.69) is 26.3 Å². The summed E-state index contributed by atoms with van der Waals surface area (Å²) in [5.74, 6) is -3.82. The molecule has 45 heavy (non-hydrogen) atoms. The van der Waals surface area contributed by atoms with Crippen molar-refractivity contribution in [2.45, 2.75) is 27.7 Å². The molecule has 230 valence electrons. The number of benzene rings is 3. The number of esters is 5. The third-order valence-electron chi connectivity index (χ3n) is 5.73. The fraction of sp³-hybridized carbons (Fsp3) is 0.114. The Morgan fingerprint density at radius 3 is 1.56 bits per heavy atom. The SMILES string of the molecule is C=C(C)C(=O)Oc1ccc(OC(=O)C=Cc2ccc(OC(=O)C(=C)C)c3c(OC(=O)C(=C)C)cccc23)cc1OC(=O)C(=C)C. The van der Waals surface area contributed by atoms with Crippen LogP contribution in [0.4, 0.5) is 0 Å². The maximum atomic E-state index is 12.8. The topological polar surface area (TPSA) is 132 Å². The second-order valence-corrected chi connectivity index (χ2v) is 9.87. The van der Waals surface area contributed by atoms with E-state index in [4.69, 9.17) is 23.7 Å². The number of hydrogen-bond donors (Lipinski definition) is 0. The molecule has 0 saturated heterocycles. The van der Waals surface area contributed by atoms with Gasteiger partial charge in [0, 0.05) is 34.4 Å². The Morgan fingerprint density at radius 1 is 0.556 bits per heavy atom. The zero-order valence-corrected chi connectivity index (χ0v) is 25.2. The van der Waals surface area contributed by atoms with Crippen molar-refractivity contribution in [1.29, 1.82) is 0 Å². The van der Waals surface area contributed by atoms with Crippen LogP contribution in [0.25, 0.3) is 16.8 Å². The van der Waals surface area contributed by atoms with Gasteiger partial charge in [0.1, 0.15) is 17.2 Å². The predicted octanol–water partition coefficient (Wildman–Crippen LogP) is 6.38. The van der Waals surface area contributed by atoms with Gasteiger partial charge in [-0.05, 0) is 69.0 Å². The smallest absolute Gasteiger partial charge is 0.338 e. The molecule has 0 radical (unpaired) electrons. The molecule has 0 atom stereocenters. The second-order valence-electron chi connectivity index (χ2n) is 9.87. The number of fused-ring (bicyclic) bond motifs is 1. The fourth-order valence-corrected chi connectivity index (χ4v) is 3.45. The van der Waals surface area contributed by atoms with Crippen molar-refractivity contribution in [3.8, 4) is 28.7 Å². The molecular formula is C35H30O10. The Hall–Kier alpha value is -6.03. The average molecular weight is 611 g/mol. The van der Waals surface area contributed by atoms with Crippen LogP contribution >= 0.6 is 0 Å². The van der Waals surface area contributed by atoms with Gasteiger partial charge in [-0.25, -0.2) is 24.0 Å². The molecule has 0 N–H and O–H groups in total. The van der Waals surface area contributed by atoms with Crippen LogP contribution in [-0.4, -0.2) is 29.8 Å². The summed E-state index contributed by atoms with van der Waals surface area (Å²) in [5, 5.41) is 0.775.